The minimum atomic E-state index is -0.332. The molecule has 0 aromatic heterocycles. The number of benzene rings is 1. The van der Waals surface area contributed by atoms with Gasteiger partial charge in [-0.1, -0.05) is 30.3 Å². The summed E-state index contributed by atoms with van der Waals surface area (Å²) in [5, 5.41) is 6.12. The number of carbonyl (C=O) groups excluding carboxylic acids is 1. The van der Waals surface area contributed by atoms with Crippen LogP contribution in [0, 0.1) is 0 Å². The van der Waals surface area contributed by atoms with Crippen molar-refractivity contribution < 1.29 is 4.79 Å². The number of piperidine rings is 1. The molecule has 0 atom stereocenters. The maximum atomic E-state index is 12.2. The molecule has 1 fully saturated rings. The van der Waals surface area contributed by atoms with Crippen molar-refractivity contribution in [3.8, 4) is 0 Å². The van der Waals surface area contributed by atoms with E-state index in [4.69, 9.17) is 0 Å². The lowest BCUT2D eigenvalue weighted by atomic mass is 9.72. The third-order valence-corrected chi connectivity index (χ3v) is 3.45. The molecule has 2 N–H and O–H groups in total. The predicted molar refractivity (Wildman–Crippen MR) is 64.3 cm³/mol. The Morgan fingerprint density at radius 3 is 2.44 bits per heavy atom. The Morgan fingerprint density at radius 1 is 1.25 bits per heavy atom. The fourth-order valence-electron chi connectivity index (χ4n) is 2.50. The van der Waals surface area contributed by atoms with Crippen molar-refractivity contribution in [3.63, 3.8) is 0 Å². The smallest absolute Gasteiger partial charge is 0.230 e. The fourth-order valence-corrected chi connectivity index (χ4v) is 2.50. The van der Waals surface area contributed by atoms with Crippen LogP contribution >= 0.6 is 0 Å². The third kappa shape index (κ3) is 1.83. The molecule has 1 aromatic rings. The maximum Gasteiger partial charge on any atom is 0.230 e. The van der Waals surface area contributed by atoms with E-state index in [2.05, 4.69) is 22.8 Å². The first-order valence-electron chi connectivity index (χ1n) is 5.78. The van der Waals surface area contributed by atoms with Gasteiger partial charge in [0.15, 0.2) is 0 Å². The first-order chi connectivity index (χ1) is 7.79. The summed E-state index contributed by atoms with van der Waals surface area (Å²) in [6.07, 6.45) is 1.74. The molecular formula is C13H18N2O. The van der Waals surface area contributed by atoms with E-state index in [1.165, 1.54) is 0 Å². The Morgan fingerprint density at radius 2 is 1.88 bits per heavy atom. The highest BCUT2D eigenvalue weighted by Gasteiger charge is 2.40. The monoisotopic (exact) mass is 218 g/mol. The number of hydrogen-bond donors (Lipinski definition) is 2. The average Bonchev–Trinajstić information content (AvgIpc) is 2.39. The Bertz CT molecular complexity index is 355. The van der Waals surface area contributed by atoms with Crippen molar-refractivity contribution in [2.45, 2.75) is 18.3 Å². The Balaban J connectivity index is 2.38. The summed E-state index contributed by atoms with van der Waals surface area (Å²) in [7, 11) is 1.72. The molecule has 1 aliphatic heterocycles. The largest absolute Gasteiger partial charge is 0.358 e. The first-order valence-corrected chi connectivity index (χ1v) is 5.78. The second kappa shape index (κ2) is 4.66. The summed E-state index contributed by atoms with van der Waals surface area (Å²) < 4.78 is 0. The van der Waals surface area contributed by atoms with Crippen LogP contribution in [0.5, 0.6) is 0 Å². The van der Waals surface area contributed by atoms with Gasteiger partial charge in [0, 0.05) is 7.05 Å². The van der Waals surface area contributed by atoms with Crippen LogP contribution in [0.25, 0.3) is 0 Å². The average molecular weight is 218 g/mol. The van der Waals surface area contributed by atoms with Crippen LogP contribution in [0.15, 0.2) is 30.3 Å². The summed E-state index contributed by atoms with van der Waals surface area (Å²) in [4.78, 5) is 12.2. The molecule has 1 aliphatic rings. The highest BCUT2D eigenvalue weighted by Crippen LogP contribution is 2.33. The molecule has 2 rings (SSSR count). The zero-order chi connectivity index (χ0) is 11.4. The minimum Gasteiger partial charge on any atom is -0.358 e. The minimum absolute atomic E-state index is 0.139. The van der Waals surface area contributed by atoms with Crippen molar-refractivity contribution in [2.75, 3.05) is 20.1 Å². The summed E-state index contributed by atoms with van der Waals surface area (Å²) in [6.45, 7) is 1.81. The molecule has 0 spiro atoms. The second-order valence-electron chi connectivity index (χ2n) is 4.28. The van der Waals surface area contributed by atoms with Crippen molar-refractivity contribution in [1.29, 1.82) is 0 Å². The van der Waals surface area contributed by atoms with E-state index < -0.39 is 0 Å². The topological polar surface area (TPSA) is 41.1 Å². The Kier molecular flexibility index (Phi) is 3.25. The molecule has 0 bridgehead atoms. The Labute approximate surface area is 96.2 Å². The second-order valence-corrected chi connectivity index (χ2v) is 4.28. The number of carbonyl (C=O) groups is 1. The number of amides is 1. The molecule has 0 radical (unpaired) electrons. The molecular weight excluding hydrogens is 200 g/mol. The van der Waals surface area contributed by atoms with Gasteiger partial charge in [0.05, 0.1) is 5.41 Å². The summed E-state index contributed by atoms with van der Waals surface area (Å²) in [5.41, 5.74) is 0.803. The van der Waals surface area contributed by atoms with Gasteiger partial charge in [-0.25, -0.2) is 0 Å². The Hall–Kier alpha value is -1.35. The molecule has 3 nitrogen and oxygen atoms in total. The van der Waals surface area contributed by atoms with Crippen molar-refractivity contribution in [2.24, 2.45) is 0 Å². The van der Waals surface area contributed by atoms with Crippen LogP contribution in [0.2, 0.25) is 0 Å². The van der Waals surface area contributed by atoms with Crippen molar-refractivity contribution >= 4 is 5.91 Å². The molecule has 1 heterocycles. The lowest BCUT2D eigenvalue weighted by Gasteiger charge is -2.36. The molecule has 1 amide bonds. The molecule has 1 saturated heterocycles. The number of likely N-dealkylation sites (N-methyl/N-ethyl adjacent to an activating group) is 1. The quantitative estimate of drug-likeness (QED) is 0.779. The zero-order valence-electron chi connectivity index (χ0n) is 9.62. The van der Waals surface area contributed by atoms with Gasteiger partial charge in [-0.15, -0.1) is 0 Å². The van der Waals surface area contributed by atoms with E-state index >= 15 is 0 Å². The van der Waals surface area contributed by atoms with Gasteiger partial charge in [0.2, 0.25) is 5.91 Å². The third-order valence-electron chi connectivity index (χ3n) is 3.45. The van der Waals surface area contributed by atoms with E-state index in [-0.39, 0.29) is 11.3 Å². The van der Waals surface area contributed by atoms with Crippen LogP contribution in [-0.2, 0) is 10.2 Å². The normalized spacial score (nSPS) is 19.1. The number of hydrogen-bond acceptors (Lipinski definition) is 2. The molecule has 86 valence electrons. The molecule has 0 aliphatic carbocycles. The van der Waals surface area contributed by atoms with Gasteiger partial charge in [0.1, 0.15) is 0 Å². The van der Waals surface area contributed by atoms with E-state index in [9.17, 15) is 4.79 Å². The molecule has 3 heteroatoms. The van der Waals surface area contributed by atoms with Crippen LogP contribution in [-0.4, -0.2) is 26.0 Å². The van der Waals surface area contributed by atoms with Crippen LogP contribution in [0.4, 0.5) is 0 Å². The molecule has 16 heavy (non-hydrogen) atoms. The highest BCUT2D eigenvalue weighted by molar-refractivity contribution is 5.88. The molecule has 0 unspecified atom stereocenters. The van der Waals surface area contributed by atoms with Crippen LogP contribution in [0.1, 0.15) is 18.4 Å². The van der Waals surface area contributed by atoms with E-state index in [1.807, 2.05) is 18.2 Å². The maximum absolute atomic E-state index is 12.2. The number of nitrogens with one attached hydrogen (secondary N) is 2. The molecule has 0 saturated carbocycles. The van der Waals surface area contributed by atoms with Gasteiger partial charge in [-0.2, -0.15) is 0 Å². The SMILES string of the molecule is CNC(=O)C1(c2ccccc2)CCNCC1. The summed E-state index contributed by atoms with van der Waals surface area (Å²) in [5.74, 6) is 0.139. The van der Waals surface area contributed by atoms with Gasteiger partial charge in [-0.05, 0) is 31.5 Å². The van der Waals surface area contributed by atoms with Gasteiger partial charge >= 0.3 is 0 Å². The number of rotatable bonds is 2. The molecule has 1 aromatic carbocycles. The van der Waals surface area contributed by atoms with Crippen LogP contribution in [0.3, 0.4) is 0 Å². The standard InChI is InChI=1S/C13H18N2O/c1-14-12(16)13(7-9-15-10-8-13)11-5-3-2-4-6-11/h2-6,15H,7-10H2,1H3,(H,14,16). The fraction of sp³-hybridized carbons (Fsp3) is 0.462. The van der Waals surface area contributed by atoms with Crippen molar-refractivity contribution in [1.82, 2.24) is 10.6 Å². The van der Waals surface area contributed by atoms with E-state index in [1.54, 1.807) is 7.05 Å². The predicted octanol–water partition coefficient (Wildman–Crippen LogP) is 1.05. The van der Waals surface area contributed by atoms with E-state index in [0.717, 1.165) is 31.5 Å². The first kappa shape index (κ1) is 11.1. The van der Waals surface area contributed by atoms with Crippen LogP contribution < -0.4 is 10.6 Å². The zero-order valence-corrected chi connectivity index (χ0v) is 9.62. The van der Waals surface area contributed by atoms with E-state index in [0.29, 0.717) is 0 Å². The van der Waals surface area contributed by atoms with Gasteiger partial charge in [-0.3, -0.25) is 4.79 Å². The summed E-state index contributed by atoms with van der Waals surface area (Å²) in [6, 6.07) is 10.1. The van der Waals surface area contributed by atoms with Crippen molar-refractivity contribution in [3.05, 3.63) is 35.9 Å². The lowest BCUT2D eigenvalue weighted by molar-refractivity contribution is -0.127. The van der Waals surface area contributed by atoms with Gasteiger partial charge < -0.3 is 10.6 Å². The highest BCUT2D eigenvalue weighted by atomic mass is 16.2. The van der Waals surface area contributed by atoms with Gasteiger partial charge in [0.25, 0.3) is 0 Å². The summed E-state index contributed by atoms with van der Waals surface area (Å²) >= 11 is 0. The lowest BCUT2D eigenvalue weighted by Crippen LogP contribution is -2.49.